The van der Waals surface area contributed by atoms with Crippen LogP contribution in [0.3, 0.4) is 0 Å². The van der Waals surface area contributed by atoms with Crippen LogP contribution in [0.5, 0.6) is 0 Å². The molecule has 0 radical (unpaired) electrons. The first-order valence-electron chi connectivity index (χ1n) is 15.7. The molecule has 0 aliphatic carbocycles. The summed E-state index contributed by atoms with van der Waals surface area (Å²) >= 11 is 0. The summed E-state index contributed by atoms with van der Waals surface area (Å²) in [5.41, 5.74) is 13.0. The van der Waals surface area contributed by atoms with Crippen LogP contribution in [-0.4, -0.2) is 9.13 Å². The number of para-hydroxylation sites is 4. The summed E-state index contributed by atoms with van der Waals surface area (Å²) in [6.45, 7) is 4.28. The van der Waals surface area contributed by atoms with Crippen LogP contribution in [0.1, 0.15) is 5.56 Å². The molecule has 46 heavy (non-hydrogen) atoms. The van der Waals surface area contributed by atoms with Gasteiger partial charge in [-0.05, 0) is 76.3 Å². The summed E-state index contributed by atoms with van der Waals surface area (Å²) in [7, 11) is 0. The lowest BCUT2D eigenvalue weighted by molar-refractivity contribution is 1.18. The first kappa shape index (κ1) is 26.3. The fraction of sp³-hybridized carbons (Fsp3) is 0. The normalized spacial score (nSPS) is 11.6. The van der Waals surface area contributed by atoms with Gasteiger partial charge in [0.15, 0.2) is 0 Å². The van der Waals surface area contributed by atoms with E-state index in [9.17, 15) is 0 Å². The van der Waals surface area contributed by atoms with Gasteiger partial charge in [-0.15, -0.1) is 0 Å². The van der Waals surface area contributed by atoms with Gasteiger partial charge < -0.3 is 9.13 Å². The third-order valence-corrected chi connectivity index (χ3v) is 9.33. The quantitative estimate of drug-likeness (QED) is 0.190. The molecule has 0 bridgehead atoms. The van der Waals surface area contributed by atoms with Crippen molar-refractivity contribution < 1.29 is 0 Å². The van der Waals surface area contributed by atoms with E-state index in [2.05, 4.69) is 180 Å². The Balaban J connectivity index is 1.18. The number of nitrogens with zero attached hydrogens (tertiary/aromatic N) is 2. The van der Waals surface area contributed by atoms with E-state index >= 15 is 0 Å². The lowest BCUT2D eigenvalue weighted by Crippen LogP contribution is -1.95. The van der Waals surface area contributed by atoms with Gasteiger partial charge in [0, 0.05) is 32.9 Å². The second kappa shape index (κ2) is 10.5. The van der Waals surface area contributed by atoms with E-state index in [1.165, 1.54) is 65.9 Å². The molecule has 0 atom stereocenters. The average molecular weight is 587 g/mol. The molecular weight excluding hydrogens is 556 g/mol. The Labute approximate surface area is 267 Å². The van der Waals surface area contributed by atoms with Gasteiger partial charge in [0.25, 0.3) is 0 Å². The molecule has 2 heteroatoms. The molecule has 0 saturated carbocycles. The molecule has 0 aliphatic rings. The number of hydrogen-bond donors (Lipinski definition) is 0. The van der Waals surface area contributed by atoms with Gasteiger partial charge in [-0.25, -0.2) is 0 Å². The third-order valence-electron chi connectivity index (χ3n) is 9.33. The molecule has 0 fully saturated rings. The van der Waals surface area contributed by atoms with Crippen molar-refractivity contribution in [2.75, 3.05) is 0 Å². The number of rotatable bonds is 5. The molecule has 0 aliphatic heterocycles. The summed E-state index contributed by atoms with van der Waals surface area (Å²) in [5, 5.41) is 5.05. The first-order chi connectivity index (χ1) is 22.8. The van der Waals surface area contributed by atoms with Crippen molar-refractivity contribution in [3.05, 3.63) is 176 Å². The van der Waals surface area contributed by atoms with Gasteiger partial charge in [-0.1, -0.05) is 128 Å². The van der Waals surface area contributed by atoms with Crippen LogP contribution in [0, 0.1) is 0 Å². The van der Waals surface area contributed by atoms with Gasteiger partial charge in [-0.2, -0.15) is 0 Å². The van der Waals surface area contributed by atoms with Crippen LogP contribution in [0.25, 0.3) is 83.3 Å². The molecule has 2 nitrogen and oxygen atoms in total. The maximum absolute atomic E-state index is 4.28. The molecule has 216 valence electrons. The first-order valence-corrected chi connectivity index (χ1v) is 15.7. The molecule has 9 aromatic rings. The van der Waals surface area contributed by atoms with Gasteiger partial charge in [0.05, 0.1) is 22.1 Å². The van der Waals surface area contributed by atoms with Crippen molar-refractivity contribution in [1.29, 1.82) is 0 Å². The van der Waals surface area contributed by atoms with E-state index in [-0.39, 0.29) is 0 Å². The van der Waals surface area contributed by atoms with Crippen LogP contribution >= 0.6 is 0 Å². The lowest BCUT2D eigenvalue weighted by Gasteiger charge is -2.15. The van der Waals surface area contributed by atoms with Crippen molar-refractivity contribution in [2.45, 2.75) is 0 Å². The van der Waals surface area contributed by atoms with Crippen molar-refractivity contribution in [3.8, 4) is 33.6 Å². The van der Waals surface area contributed by atoms with Crippen molar-refractivity contribution >= 4 is 49.7 Å². The van der Waals surface area contributed by atoms with Crippen molar-refractivity contribution in [1.82, 2.24) is 9.13 Å². The third kappa shape index (κ3) is 3.97. The number of aromatic nitrogens is 2. The molecule has 9 rings (SSSR count). The summed E-state index contributed by atoms with van der Waals surface area (Å²) in [6, 6.07) is 59.0. The smallest absolute Gasteiger partial charge is 0.0547 e. The summed E-state index contributed by atoms with van der Waals surface area (Å²) < 4.78 is 4.74. The highest BCUT2D eigenvalue weighted by Crippen LogP contribution is 2.39. The minimum Gasteiger partial charge on any atom is -0.309 e. The van der Waals surface area contributed by atoms with E-state index in [1.54, 1.807) is 0 Å². The van der Waals surface area contributed by atoms with Crippen LogP contribution < -0.4 is 0 Å². The zero-order valence-electron chi connectivity index (χ0n) is 25.3. The summed E-state index contributed by atoms with van der Waals surface area (Å²) in [6.07, 6.45) is 2.00. The lowest BCUT2D eigenvalue weighted by atomic mass is 9.91. The number of benzene rings is 7. The summed E-state index contributed by atoms with van der Waals surface area (Å²) in [5.74, 6) is 0. The minimum absolute atomic E-state index is 1.13. The van der Waals surface area contributed by atoms with Crippen LogP contribution in [-0.2, 0) is 0 Å². The standard InChI is InChI=1S/C44H30N2/c1-2-34-35(30-23-26-33(27-24-30)45-41-20-9-6-15-37(41)38-16-7-10-21-42(38)45)18-12-19-36(34)31-25-28-40-39-17-8-11-22-43(39)46(44(40)29-31)32-13-4-3-5-14-32/h2-29H,1H2. The van der Waals surface area contributed by atoms with Crippen molar-refractivity contribution in [3.63, 3.8) is 0 Å². The average Bonchev–Trinajstić information content (AvgIpc) is 3.64. The largest absolute Gasteiger partial charge is 0.309 e. The molecule has 0 saturated heterocycles. The number of hydrogen-bond acceptors (Lipinski definition) is 0. The fourth-order valence-electron chi connectivity index (χ4n) is 7.27. The van der Waals surface area contributed by atoms with Crippen molar-refractivity contribution in [2.24, 2.45) is 0 Å². The van der Waals surface area contributed by atoms with Gasteiger partial charge >= 0.3 is 0 Å². The monoisotopic (exact) mass is 586 g/mol. The zero-order chi connectivity index (χ0) is 30.6. The highest BCUT2D eigenvalue weighted by molar-refractivity contribution is 6.11. The zero-order valence-corrected chi connectivity index (χ0v) is 25.3. The molecule has 0 amide bonds. The Morgan fingerprint density at radius 1 is 0.370 bits per heavy atom. The Bertz CT molecular complexity index is 2530. The Morgan fingerprint density at radius 2 is 0.826 bits per heavy atom. The van der Waals surface area contributed by atoms with E-state index in [1.807, 2.05) is 6.08 Å². The van der Waals surface area contributed by atoms with Gasteiger partial charge in [-0.3, -0.25) is 0 Å². The molecule has 2 heterocycles. The second-order valence-corrected chi connectivity index (χ2v) is 11.8. The Kier molecular flexibility index (Phi) is 6.00. The van der Waals surface area contributed by atoms with Gasteiger partial charge in [0.1, 0.15) is 0 Å². The molecular formula is C44H30N2. The Morgan fingerprint density at radius 3 is 1.41 bits per heavy atom. The molecule has 7 aromatic carbocycles. The maximum atomic E-state index is 4.28. The van der Waals surface area contributed by atoms with E-state index in [0.29, 0.717) is 0 Å². The topological polar surface area (TPSA) is 9.86 Å². The highest BCUT2D eigenvalue weighted by Gasteiger charge is 2.16. The molecule has 0 spiro atoms. The molecule has 0 unspecified atom stereocenters. The van der Waals surface area contributed by atoms with E-state index in [0.717, 1.165) is 16.9 Å². The Hall–Kier alpha value is -6.12. The number of fused-ring (bicyclic) bond motifs is 6. The van der Waals surface area contributed by atoms with Gasteiger partial charge in [0.2, 0.25) is 0 Å². The van der Waals surface area contributed by atoms with E-state index < -0.39 is 0 Å². The molecule has 0 N–H and O–H groups in total. The maximum Gasteiger partial charge on any atom is 0.0547 e. The highest BCUT2D eigenvalue weighted by atomic mass is 15.0. The predicted molar refractivity (Wildman–Crippen MR) is 196 cm³/mol. The SMILES string of the molecule is C=Cc1c(-c2ccc(-n3c4ccccc4c4ccccc43)cc2)cccc1-c1ccc2c3ccccc3n(-c3ccccc3)c2c1. The van der Waals surface area contributed by atoms with E-state index in [4.69, 9.17) is 0 Å². The van der Waals surface area contributed by atoms with Crippen LogP contribution in [0.2, 0.25) is 0 Å². The minimum atomic E-state index is 1.13. The van der Waals surface area contributed by atoms with Crippen LogP contribution in [0.4, 0.5) is 0 Å². The molecule has 2 aromatic heterocycles. The van der Waals surface area contributed by atoms with Crippen LogP contribution in [0.15, 0.2) is 170 Å². The second-order valence-electron chi connectivity index (χ2n) is 11.8. The predicted octanol–water partition coefficient (Wildman–Crippen LogP) is 11.9. The fourth-order valence-corrected chi connectivity index (χ4v) is 7.27. The summed E-state index contributed by atoms with van der Waals surface area (Å²) in [4.78, 5) is 0.